The Morgan fingerprint density at radius 3 is 2.28 bits per heavy atom. The van der Waals surface area contributed by atoms with Gasteiger partial charge in [0.1, 0.15) is 0 Å². The van der Waals surface area contributed by atoms with E-state index in [0.717, 1.165) is 44.9 Å². The van der Waals surface area contributed by atoms with Gasteiger partial charge in [0.05, 0.1) is 5.38 Å². The van der Waals surface area contributed by atoms with E-state index in [4.69, 9.17) is 11.6 Å². The summed E-state index contributed by atoms with van der Waals surface area (Å²) in [6.07, 6.45) is 7.08. The lowest BCUT2D eigenvalue weighted by Crippen LogP contribution is -2.51. The van der Waals surface area contributed by atoms with Crippen molar-refractivity contribution in [1.29, 1.82) is 0 Å². The Kier molecular flexibility index (Phi) is 4.92. The van der Waals surface area contributed by atoms with Crippen LogP contribution in [0.25, 0.3) is 0 Å². The third-order valence-corrected chi connectivity index (χ3v) is 6.65. The Morgan fingerprint density at radius 1 is 1.06 bits per heavy atom. The fourth-order valence-corrected chi connectivity index (χ4v) is 5.12. The summed E-state index contributed by atoms with van der Waals surface area (Å²) in [5.74, 6) is 0. The van der Waals surface area contributed by atoms with Crippen LogP contribution in [0.4, 0.5) is 0 Å². The molecule has 1 saturated heterocycles. The first-order valence-corrected chi connectivity index (χ1v) is 8.74. The molecule has 4 nitrogen and oxygen atoms in total. The average molecular weight is 295 g/mol. The van der Waals surface area contributed by atoms with Gasteiger partial charge in [-0.25, -0.2) is 0 Å². The zero-order valence-electron chi connectivity index (χ0n) is 11.0. The van der Waals surface area contributed by atoms with E-state index in [1.807, 2.05) is 0 Å². The second kappa shape index (κ2) is 6.07. The number of hydrogen-bond donors (Lipinski definition) is 0. The van der Waals surface area contributed by atoms with E-state index in [1.165, 1.54) is 4.31 Å². The molecule has 2 aliphatic rings. The maximum Gasteiger partial charge on any atom is 0.282 e. The predicted molar refractivity (Wildman–Crippen MR) is 74.0 cm³/mol. The van der Waals surface area contributed by atoms with Crippen LogP contribution in [0.2, 0.25) is 0 Å². The number of nitrogens with zero attached hydrogens (tertiary/aromatic N) is 2. The third kappa shape index (κ3) is 3.00. The maximum absolute atomic E-state index is 12.5. The van der Waals surface area contributed by atoms with E-state index in [1.54, 1.807) is 11.4 Å². The van der Waals surface area contributed by atoms with Crippen molar-refractivity contribution in [1.82, 2.24) is 8.61 Å². The summed E-state index contributed by atoms with van der Waals surface area (Å²) in [6.45, 7) is 1.32. The zero-order chi connectivity index (χ0) is 13.2. The summed E-state index contributed by atoms with van der Waals surface area (Å²) in [7, 11) is -1.62. The SMILES string of the molecule is CN(C1CCCCC1Cl)S(=O)(=O)N1CCCCC1. The highest BCUT2D eigenvalue weighted by Crippen LogP contribution is 2.29. The molecule has 2 atom stereocenters. The Morgan fingerprint density at radius 2 is 1.67 bits per heavy atom. The van der Waals surface area contributed by atoms with E-state index in [0.29, 0.717) is 13.1 Å². The monoisotopic (exact) mass is 294 g/mol. The maximum atomic E-state index is 12.5. The lowest BCUT2D eigenvalue weighted by molar-refractivity contribution is 0.255. The van der Waals surface area contributed by atoms with Gasteiger partial charge in [-0.3, -0.25) is 0 Å². The largest absolute Gasteiger partial charge is 0.282 e. The molecule has 0 radical (unpaired) electrons. The minimum absolute atomic E-state index is 0.0349. The van der Waals surface area contributed by atoms with Crippen LogP contribution in [-0.4, -0.2) is 48.6 Å². The highest BCUT2D eigenvalue weighted by Gasteiger charge is 2.36. The van der Waals surface area contributed by atoms with E-state index in [9.17, 15) is 8.42 Å². The van der Waals surface area contributed by atoms with E-state index in [-0.39, 0.29) is 11.4 Å². The van der Waals surface area contributed by atoms with Crippen molar-refractivity contribution < 1.29 is 8.42 Å². The molecule has 2 unspecified atom stereocenters. The third-order valence-electron chi connectivity index (χ3n) is 4.12. The first-order chi connectivity index (χ1) is 8.53. The van der Waals surface area contributed by atoms with Gasteiger partial charge >= 0.3 is 0 Å². The number of piperidine rings is 1. The normalized spacial score (nSPS) is 31.7. The van der Waals surface area contributed by atoms with Crippen molar-refractivity contribution >= 4 is 21.8 Å². The molecule has 0 amide bonds. The van der Waals surface area contributed by atoms with Crippen LogP contribution < -0.4 is 0 Å². The number of halogens is 1. The average Bonchev–Trinajstić information content (AvgIpc) is 2.39. The molecule has 0 bridgehead atoms. The van der Waals surface area contributed by atoms with Crippen molar-refractivity contribution in [3.05, 3.63) is 0 Å². The van der Waals surface area contributed by atoms with Crippen LogP contribution in [0.1, 0.15) is 44.9 Å². The molecule has 2 rings (SSSR count). The quantitative estimate of drug-likeness (QED) is 0.749. The molecule has 6 heteroatoms. The highest BCUT2D eigenvalue weighted by atomic mass is 35.5. The fraction of sp³-hybridized carbons (Fsp3) is 1.00. The molecule has 0 aromatic carbocycles. The first-order valence-electron chi connectivity index (χ1n) is 6.90. The number of hydrogen-bond acceptors (Lipinski definition) is 2. The van der Waals surface area contributed by atoms with Crippen LogP contribution in [0, 0.1) is 0 Å². The van der Waals surface area contributed by atoms with Crippen molar-refractivity contribution in [2.24, 2.45) is 0 Å². The molecule has 0 N–H and O–H groups in total. The van der Waals surface area contributed by atoms with Crippen molar-refractivity contribution in [3.63, 3.8) is 0 Å². The van der Waals surface area contributed by atoms with Gasteiger partial charge in [-0.1, -0.05) is 19.3 Å². The van der Waals surface area contributed by atoms with Crippen LogP contribution in [-0.2, 0) is 10.2 Å². The summed E-state index contributed by atoms with van der Waals surface area (Å²) in [5.41, 5.74) is 0. The number of alkyl halides is 1. The zero-order valence-corrected chi connectivity index (χ0v) is 12.6. The van der Waals surface area contributed by atoms with Crippen LogP contribution in [0.3, 0.4) is 0 Å². The van der Waals surface area contributed by atoms with Crippen molar-refractivity contribution in [2.75, 3.05) is 20.1 Å². The van der Waals surface area contributed by atoms with Gasteiger partial charge in [-0.05, 0) is 25.7 Å². The van der Waals surface area contributed by atoms with Gasteiger partial charge in [0.15, 0.2) is 0 Å². The fourth-order valence-electron chi connectivity index (χ4n) is 2.92. The topological polar surface area (TPSA) is 40.6 Å². The van der Waals surface area contributed by atoms with Gasteiger partial charge in [-0.2, -0.15) is 17.0 Å². The Bertz CT molecular complexity index is 368. The highest BCUT2D eigenvalue weighted by molar-refractivity contribution is 7.86. The molecule has 1 aliphatic carbocycles. The molecule has 18 heavy (non-hydrogen) atoms. The Balaban J connectivity index is 2.07. The molecule has 1 heterocycles. The van der Waals surface area contributed by atoms with E-state index >= 15 is 0 Å². The lowest BCUT2D eigenvalue weighted by atomic mass is 9.95. The molecule has 1 aliphatic heterocycles. The molecule has 0 aromatic rings. The van der Waals surface area contributed by atoms with Gasteiger partial charge in [0, 0.05) is 26.2 Å². The van der Waals surface area contributed by atoms with Crippen molar-refractivity contribution in [3.8, 4) is 0 Å². The predicted octanol–water partition coefficient (Wildman–Crippen LogP) is 2.20. The van der Waals surface area contributed by atoms with Gasteiger partial charge in [0.2, 0.25) is 0 Å². The molecule has 1 saturated carbocycles. The minimum atomic E-state index is -3.31. The van der Waals surface area contributed by atoms with Crippen LogP contribution in [0.15, 0.2) is 0 Å². The Hall–Kier alpha value is 0.160. The second-order valence-corrected chi connectivity index (χ2v) is 7.90. The van der Waals surface area contributed by atoms with Crippen LogP contribution in [0.5, 0.6) is 0 Å². The first kappa shape index (κ1) is 14.6. The van der Waals surface area contributed by atoms with Crippen molar-refractivity contribution in [2.45, 2.75) is 56.4 Å². The summed E-state index contributed by atoms with van der Waals surface area (Å²) in [5, 5.41) is -0.0386. The molecular weight excluding hydrogens is 272 g/mol. The molecular formula is C12H23ClN2O2S. The molecule has 0 aromatic heterocycles. The summed E-state index contributed by atoms with van der Waals surface area (Å²) >= 11 is 6.30. The standard InChI is InChI=1S/C12H23ClN2O2S/c1-14(12-8-4-3-7-11(12)13)18(16,17)15-9-5-2-6-10-15/h11-12H,2-10H2,1H3. The van der Waals surface area contributed by atoms with E-state index < -0.39 is 10.2 Å². The second-order valence-electron chi connectivity index (χ2n) is 5.35. The minimum Gasteiger partial charge on any atom is -0.195 e. The summed E-state index contributed by atoms with van der Waals surface area (Å²) in [6, 6.07) is -0.0349. The van der Waals surface area contributed by atoms with Gasteiger partial charge in [0.25, 0.3) is 10.2 Å². The Labute approximate surface area is 115 Å². The van der Waals surface area contributed by atoms with E-state index in [2.05, 4.69) is 0 Å². The van der Waals surface area contributed by atoms with Gasteiger partial charge < -0.3 is 0 Å². The summed E-state index contributed by atoms with van der Waals surface area (Å²) in [4.78, 5) is 0. The summed E-state index contributed by atoms with van der Waals surface area (Å²) < 4.78 is 28.2. The molecule has 0 spiro atoms. The van der Waals surface area contributed by atoms with Crippen LogP contribution >= 0.6 is 11.6 Å². The number of rotatable bonds is 3. The molecule has 2 fully saturated rings. The smallest absolute Gasteiger partial charge is 0.195 e. The lowest BCUT2D eigenvalue weighted by Gasteiger charge is -2.38. The van der Waals surface area contributed by atoms with Gasteiger partial charge in [-0.15, -0.1) is 11.6 Å². The molecule has 106 valence electrons.